The normalized spacial score (nSPS) is 11.1. The Morgan fingerprint density at radius 3 is 2.62 bits per heavy atom. The highest BCUT2D eigenvalue weighted by molar-refractivity contribution is 5.91. The highest BCUT2D eigenvalue weighted by Gasteiger charge is 2.21. The number of carboxylic acids is 1. The van der Waals surface area contributed by atoms with E-state index in [1.165, 1.54) is 12.1 Å². The number of rotatable bonds is 6. The summed E-state index contributed by atoms with van der Waals surface area (Å²) in [7, 11) is 3.92. The summed E-state index contributed by atoms with van der Waals surface area (Å²) in [5.74, 6) is -1.37. The van der Waals surface area contributed by atoms with Crippen LogP contribution in [0.25, 0.3) is 22.5 Å². The SMILES string of the molecule is CN(C)CCc1nc(-c2ccncc2)c(-c2cccc(C(=O)O)c2F)[nH]1. The predicted molar refractivity (Wildman–Crippen MR) is 96.4 cm³/mol. The molecule has 7 heteroatoms. The van der Waals surface area contributed by atoms with Gasteiger partial charge in [0.05, 0.1) is 17.0 Å². The Morgan fingerprint density at radius 2 is 1.96 bits per heavy atom. The summed E-state index contributed by atoms with van der Waals surface area (Å²) in [6.45, 7) is 0.778. The second-order valence-corrected chi connectivity index (χ2v) is 6.17. The number of imidazole rings is 1. The predicted octanol–water partition coefficient (Wildman–Crippen LogP) is 3.08. The molecule has 134 valence electrons. The van der Waals surface area contributed by atoms with Crippen LogP contribution in [0, 0.1) is 5.82 Å². The van der Waals surface area contributed by atoms with E-state index in [1.807, 2.05) is 19.0 Å². The topological polar surface area (TPSA) is 82.1 Å². The van der Waals surface area contributed by atoms with Crippen molar-refractivity contribution in [2.45, 2.75) is 6.42 Å². The van der Waals surface area contributed by atoms with Gasteiger partial charge in [-0.15, -0.1) is 0 Å². The third-order valence-corrected chi connectivity index (χ3v) is 4.00. The van der Waals surface area contributed by atoms with Crippen LogP contribution < -0.4 is 0 Å². The van der Waals surface area contributed by atoms with Crippen LogP contribution >= 0.6 is 0 Å². The second kappa shape index (κ2) is 7.45. The van der Waals surface area contributed by atoms with Crippen molar-refractivity contribution in [3.8, 4) is 22.5 Å². The van der Waals surface area contributed by atoms with Crippen molar-refractivity contribution < 1.29 is 14.3 Å². The number of carboxylic acid groups (broad SMARTS) is 1. The zero-order valence-corrected chi connectivity index (χ0v) is 14.5. The van der Waals surface area contributed by atoms with E-state index in [-0.39, 0.29) is 11.1 Å². The lowest BCUT2D eigenvalue weighted by molar-refractivity contribution is 0.0692. The lowest BCUT2D eigenvalue weighted by atomic mass is 10.0. The van der Waals surface area contributed by atoms with Crippen LogP contribution in [0.4, 0.5) is 4.39 Å². The van der Waals surface area contributed by atoms with Crippen LogP contribution in [-0.4, -0.2) is 51.6 Å². The van der Waals surface area contributed by atoms with Gasteiger partial charge in [0.15, 0.2) is 0 Å². The summed E-state index contributed by atoms with van der Waals surface area (Å²) < 4.78 is 14.8. The van der Waals surface area contributed by atoms with E-state index in [4.69, 9.17) is 0 Å². The molecule has 6 nitrogen and oxygen atoms in total. The number of nitrogens with zero attached hydrogens (tertiary/aromatic N) is 3. The Morgan fingerprint density at radius 1 is 1.23 bits per heavy atom. The molecule has 0 aliphatic heterocycles. The minimum absolute atomic E-state index is 0.181. The molecule has 0 unspecified atom stereocenters. The number of aromatic amines is 1. The van der Waals surface area contributed by atoms with Gasteiger partial charge in [-0.05, 0) is 38.4 Å². The number of H-pyrrole nitrogens is 1. The lowest BCUT2D eigenvalue weighted by Crippen LogP contribution is -2.15. The van der Waals surface area contributed by atoms with Crippen molar-refractivity contribution in [3.05, 3.63) is 59.9 Å². The van der Waals surface area contributed by atoms with Crippen LogP contribution in [-0.2, 0) is 6.42 Å². The molecule has 2 heterocycles. The van der Waals surface area contributed by atoms with Crippen LogP contribution in [0.2, 0.25) is 0 Å². The molecule has 0 saturated carbocycles. The highest BCUT2D eigenvalue weighted by atomic mass is 19.1. The van der Waals surface area contributed by atoms with E-state index in [9.17, 15) is 14.3 Å². The molecule has 1 aromatic carbocycles. The number of hydrogen-bond donors (Lipinski definition) is 2. The molecule has 2 N–H and O–H groups in total. The van der Waals surface area contributed by atoms with Crippen molar-refractivity contribution in [2.24, 2.45) is 0 Å². The maximum atomic E-state index is 14.8. The Kier molecular flexibility index (Phi) is 5.09. The number of halogens is 1. The lowest BCUT2D eigenvalue weighted by Gasteiger charge is -2.07. The minimum atomic E-state index is -1.30. The Balaban J connectivity index is 2.14. The first-order chi connectivity index (χ1) is 12.5. The molecule has 0 spiro atoms. The molecule has 0 saturated heterocycles. The summed E-state index contributed by atoms with van der Waals surface area (Å²) in [5, 5.41) is 9.19. The van der Waals surface area contributed by atoms with E-state index >= 15 is 0 Å². The average Bonchev–Trinajstić information content (AvgIpc) is 3.04. The molecular weight excluding hydrogens is 335 g/mol. The zero-order valence-electron chi connectivity index (χ0n) is 14.5. The second-order valence-electron chi connectivity index (χ2n) is 6.17. The fraction of sp³-hybridized carbons (Fsp3) is 0.211. The summed E-state index contributed by atoms with van der Waals surface area (Å²) >= 11 is 0. The summed E-state index contributed by atoms with van der Waals surface area (Å²) in [4.78, 5) is 25.1. The van der Waals surface area contributed by atoms with Gasteiger partial charge in [-0.25, -0.2) is 14.2 Å². The zero-order chi connectivity index (χ0) is 18.7. The Hall–Kier alpha value is -3.06. The third-order valence-electron chi connectivity index (χ3n) is 4.00. The molecule has 2 aromatic heterocycles. The molecule has 0 fully saturated rings. The number of carbonyl (C=O) groups is 1. The van der Waals surface area contributed by atoms with E-state index in [2.05, 4.69) is 15.0 Å². The van der Waals surface area contributed by atoms with E-state index in [0.717, 1.165) is 12.1 Å². The maximum absolute atomic E-state index is 14.8. The fourth-order valence-electron chi connectivity index (χ4n) is 2.67. The number of nitrogens with one attached hydrogen (secondary N) is 1. The van der Waals surface area contributed by atoms with Gasteiger partial charge < -0.3 is 15.0 Å². The quantitative estimate of drug-likeness (QED) is 0.711. The summed E-state index contributed by atoms with van der Waals surface area (Å²) in [6, 6.07) is 7.90. The van der Waals surface area contributed by atoms with Crippen LogP contribution in [0.15, 0.2) is 42.7 Å². The minimum Gasteiger partial charge on any atom is -0.478 e. The van der Waals surface area contributed by atoms with Gasteiger partial charge in [0, 0.05) is 36.5 Å². The number of aromatic nitrogens is 3. The maximum Gasteiger partial charge on any atom is 0.338 e. The van der Waals surface area contributed by atoms with Gasteiger partial charge in [-0.3, -0.25) is 4.98 Å². The van der Waals surface area contributed by atoms with Gasteiger partial charge >= 0.3 is 5.97 Å². The van der Waals surface area contributed by atoms with Gasteiger partial charge in [0.25, 0.3) is 0 Å². The van der Waals surface area contributed by atoms with Gasteiger partial charge in [0.2, 0.25) is 0 Å². The molecule has 3 rings (SSSR count). The first kappa shape index (κ1) is 17.8. The van der Waals surface area contributed by atoms with Gasteiger partial charge in [-0.2, -0.15) is 0 Å². The fourth-order valence-corrected chi connectivity index (χ4v) is 2.67. The smallest absolute Gasteiger partial charge is 0.338 e. The monoisotopic (exact) mass is 354 g/mol. The van der Waals surface area contributed by atoms with Crippen LogP contribution in [0.3, 0.4) is 0 Å². The van der Waals surface area contributed by atoms with Gasteiger partial charge in [0.1, 0.15) is 11.6 Å². The standard InChI is InChI=1S/C19H19FN4O2/c1-24(2)11-8-15-22-17(12-6-9-21-10-7-12)18(23-15)13-4-3-5-14(16(13)20)19(25)26/h3-7,9-10H,8,11H2,1-2H3,(H,22,23)(H,25,26). The molecule has 3 aromatic rings. The van der Waals surface area contributed by atoms with E-state index in [0.29, 0.717) is 23.6 Å². The molecule has 0 bridgehead atoms. The van der Waals surface area contributed by atoms with Crippen molar-refractivity contribution in [1.29, 1.82) is 0 Å². The summed E-state index contributed by atoms with van der Waals surface area (Å²) in [6.07, 6.45) is 3.93. The molecule has 0 amide bonds. The van der Waals surface area contributed by atoms with Crippen molar-refractivity contribution >= 4 is 5.97 Å². The van der Waals surface area contributed by atoms with Gasteiger partial charge in [-0.1, -0.05) is 6.07 Å². The van der Waals surface area contributed by atoms with E-state index < -0.39 is 11.8 Å². The molecular formula is C19H19FN4O2. The number of benzene rings is 1. The highest BCUT2D eigenvalue weighted by Crippen LogP contribution is 2.32. The molecule has 0 radical (unpaired) electrons. The number of pyridine rings is 1. The molecule has 0 aliphatic rings. The Bertz CT molecular complexity index is 923. The average molecular weight is 354 g/mol. The Labute approximate surface area is 150 Å². The number of hydrogen-bond acceptors (Lipinski definition) is 4. The largest absolute Gasteiger partial charge is 0.478 e. The molecule has 0 atom stereocenters. The van der Waals surface area contributed by atoms with Crippen molar-refractivity contribution in [2.75, 3.05) is 20.6 Å². The third kappa shape index (κ3) is 3.62. The first-order valence-electron chi connectivity index (χ1n) is 8.13. The first-order valence-corrected chi connectivity index (χ1v) is 8.13. The molecule has 26 heavy (non-hydrogen) atoms. The number of aromatic carboxylic acids is 1. The van der Waals surface area contributed by atoms with Crippen molar-refractivity contribution in [1.82, 2.24) is 19.9 Å². The van der Waals surface area contributed by atoms with E-state index in [1.54, 1.807) is 30.6 Å². The summed E-state index contributed by atoms with van der Waals surface area (Å²) in [5.41, 5.74) is 1.63. The molecule has 0 aliphatic carbocycles. The number of likely N-dealkylation sites (N-methyl/N-ethyl adjacent to an activating group) is 1. The van der Waals surface area contributed by atoms with Crippen molar-refractivity contribution in [3.63, 3.8) is 0 Å². The van der Waals surface area contributed by atoms with Crippen LogP contribution in [0.5, 0.6) is 0 Å². The van der Waals surface area contributed by atoms with Crippen LogP contribution in [0.1, 0.15) is 16.2 Å².